The highest BCUT2D eigenvalue weighted by Crippen LogP contribution is 2.51. The van der Waals surface area contributed by atoms with Gasteiger partial charge in [0, 0.05) is 12.1 Å². The molecule has 146 valence electrons. The molecule has 2 heterocycles. The standard InChI is InChI=1S/C19H16F4N4O/c20-9-18(23)3-4-19(27-17(18)24)7-12-13(19)5-11(6-14(12)22)26-16(28)15-2-1-10(21)8-25-15/h1-2,5-6,8H,3-4,7,9H2,(H2,24,27)(H,26,28)/t18-,19-/m1/s1. The maximum absolute atomic E-state index is 14.4. The second-order valence-corrected chi connectivity index (χ2v) is 7.10. The molecule has 0 bridgehead atoms. The Morgan fingerprint density at radius 1 is 1.25 bits per heavy atom. The number of hydrogen-bond acceptors (Lipinski definition) is 4. The number of nitrogens with two attached hydrogens (primary N) is 1. The highest BCUT2D eigenvalue weighted by molar-refractivity contribution is 6.03. The van der Waals surface area contributed by atoms with Crippen LogP contribution < -0.4 is 11.1 Å². The Balaban J connectivity index is 1.63. The topological polar surface area (TPSA) is 80.4 Å². The van der Waals surface area contributed by atoms with Crippen LogP contribution in [0.15, 0.2) is 35.5 Å². The number of nitrogens with zero attached hydrogens (tertiary/aromatic N) is 2. The van der Waals surface area contributed by atoms with Crippen molar-refractivity contribution in [2.24, 2.45) is 10.7 Å². The molecule has 4 rings (SSSR count). The molecule has 1 spiro atoms. The molecule has 5 nitrogen and oxygen atoms in total. The van der Waals surface area contributed by atoms with Crippen molar-refractivity contribution in [1.29, 1.82) is 0 Å². The first-order valence-electron chi connectivity index (χ1n) is 8.63. The number of aromatic nitrogens is 1. The molecule has 9 heteroatoms. The first-order valence-corrected chi connectivity index (χ1v) is 8.63. The summed E-state index contributed by atoms with van der Waals surface area (Å²) in [5.41, 5.74) is 3.44. The van der Waals surface area contributed by atoms with Crippen LogP contribution in [0.2, 0.25) is 0 Å². The van der Waals surface area contributed by atoms with Gasteiger partial charge in [-0.3, -0.25) is 9.79 Å². The van der Waals surface area contributed by atoms with Gasteiger partial charge in [0.05, 0.1) is 11.7 Å². The first-order chi connectivity index (χ1) is 13.3. The van der Waals surface area contributed by atoms with Gasteiger partial charge in [0.2, 0.25) is 0 Å². The van der Waals surface area contributed by atoms with Gasteiger partial charge in [0.1, 0.15) is 29.8 Å². The molecule has 1 aliphatic carbocycles. The van der Waals surface area contributed by atoms with Crippen LogP contribution in [-0.4, -0.2) is 29.1 Å². The van der Waals surface area contributed by atoms with E-state index in [1.807, 2.05) is 0 Å². The van der Waals surface area contributed by atoms with E-state index in [-0.39, 0.29) is 30.6 Å². The highest BCUT2D eigenvalue weighted by Gasteiger charge is 2.51. The van der Waals surface area contributed by atoms with Crippen molar-refractivity contribution in [3.8, 4) is 0 Å². The lowest BCUT2D eigenvalue weighted by Crippen LogP contribution is -2.52. The molecule has 0 radical (unpaired) electrons. The Morgan fingerprint density at radius 3 is 2.68 bits per heavy atom. The molecule has 2 aliphatic rings. The number of carbonyl (C=O) groups is 1. The number of rotatable bonds is 3. The molecule has 1 amide bonds. The summed E-state index contributed by atoms with van der Waals surface area (Å²) in [6.45, 7) is -1.26. The van der Waals surface area contributed by atoms with Crippen LogP contribution in [0.25, 0.3) is 0 Å². The zero-order valence-electron chi connectivity index (χ0n) is 14.6. The quantitative estimate of drug-likeness (QED) is 0.788. The Morgan fingerprint density at radius 2 is 2.04 bits per heavy atom. The maximum atomic E-state index is 14.4. The zero-order valence-corrected chi connectivity index (χ0v) is 14.6. The fourth-order valence-corrected chi connectivity index (χ4v) is 3.67. The monoisotopic (exact) mass is 392 g/mol. The van der Waals surface area contributed by atoms with Crippen molar-refractivity contribution >= 4 is 17.4 Å². The largest absolute Gasteiger partial charge is 0.385 e. The van der Waals surface area contributed by atoms with E-state index in [4.69, 9.17) is 5.73 Å². The Kier molecular flexibility index (Phi) is 4.13. The van der Waals surface area contributed by atoms with E-state index in [0.717, 1.165) is 18.3 Å². The van der Waals surface area contributed by atoms with Gasteiger partial charge in [-0.1, -0.05) is 0 Å². The van der Waals surface area contributed by atoms with E-state index in [2.05, 4.69) is 15.3 Å². The van der Waals surface area contributed by atoms with Crippen LogP contribution in [-0.2, 0) is 12.0 Å². The number of anilines is 1. The third kappa shape index (κ3) is 2.81. The molecular weight excluding hydrogens is 376 g/mol. The number of carbonyl (C=O) groups excluding carboxylic acids is 1. The zero-order chi connectivity index (χ0) is 20.1. The minimum Gasteiger partial charge on any atom is -0.385 e. The van der Waals surface area contributed by atoms with E-state index >= 15 is 0 Å². The number of pyridine rings is 1. The van der Waals surface area contributed by atoms with Crippen LogP contribution in [0.1, 0.15) is 34.5 Å². The average molecular weight is 392 g/mol. The minimum atomic E-state index is -2.29. The number of nitrogens with one attached hydrogen (secondary N) is 1. The first kappa shape index (κ1) is 18.4. The molecule has 0 fully saturated rings. The van der Waals surface area contributed by atoms with E-state index in [0.29, 0.717) is 11.1 Å². The Labute approximate surface area is 157 Å². The van der Waals surface area contributed by atoms with Gasteiger partial charge in [0.15, 0.2) is 5.67 Å². The van der Waals surface area contributed by atoms with Gasteiger partial charge in [0.25, 0.3) is 5.91 Å². The lowest BCUT2D eigenvalue weighted by molar-refractivity contribution is 0.102. The van der Waals surface area contributed by atoms with E-state index in [1.165, 1.54) is 6.07 Å². The van der Waals surface area contributed by atoms with Crippen LogP contribution in [0, 0.1) is 11.6 Å². The van der Waals surface area contributed by atoms with Crippen LogP contribution in [0.4, 0.5) is 23.2 Å². The molecule has 0 saturated heterocycles. The van der Waals surface area contributed by atoms with Gasteiger partial charge in [-0.2, -0.15) is 0 Å². The summed E-state index contributed by atoms with van der Waals surface area (Å²) >= 11 is 0. The third-order valence-corrected chi connectivity index (χ3v) is 5.32. The highest BCUT2D eigenvalue weighted by atomic mass is 19.2. The molecule has 0 unspecified atom stereocenters. The van der Waals surface area contributed by atoms with Crippen molar-refractivity contribution in [2.75, 3.05) is 12.0 Å². The summed E-state index contributed by atoms with van der Waals surface area (Å²) in [6.07, 6.45) is 1.15. The predicted molar refractivity (Wildman–Crippen MR) is 94.6 cm³/mol. The number of amidine groups is 1. The SMILES string of the molecule is NC1=N[C@]2(CC[C@@]1(F)CF)Cc1c(F)cc(NC(=O)c3ccc(F)cn3)cc12. The predicted octanol–water partition coefficient (Wildman–Crippen LogP) is 3.19. The number of benzene rings is 1. The fraction of sp³-hybridized carbons (Fsp3) is 0.316. The second kappa shape index (κ2) is 6.29. The van der Waals surface area contributed by atoms with E-state index in [9.17, 15) is 22.4 Å². The van der Waals surface area contributed by atoms with Crippen LogP contribution in [0.3, 0.4) is 0 Å². The van der Waals surface area contributed by atoms with Gasteiger partial charge in [-0.25, -0.2) is 22.5 Å². The third-order valence-electron chi connectivity index (χ3n) is 5.32. The van der Waals surface area contributed by atoms with Crippen molar-refractivity contribution in [3.05, 3.63) is 58.9 Å². The maximum Gasteiger partial charge on any atom is 0.274 e. The number of alkyl halides is 2. The van der Waals surface area contributed by atoms with Crippen molar-refractivity contribution < 1.29 is 22.4 Å². The molecule has 2 atom stereocenters. The molecule has 1 aromatic carbocycles. The molecule has 0 saturated carbocycles. The van der Waals surface area contributed by atoms with E-state index in [1.54, 1.807) is 6.07 Å². The molecular formula is C19H16F4N4O. The molecule has 2 aromatic rings. The summed E-state index contributed by atoms with van der Waals surface area (Å²) in [5, 5.41) is 2.50. The summed E-state index contributed by atoms with van der Waals surface area (Å²) < 4.78 is 54.6. The fourth-order valence-electron chi connectivity index (χ4n) is 3.67. The molecule has 28 heavy (non-hydrogen) atoms. The van der Waals surface area contributed by atoms with Crippen LogP contribution >= 0.6 is 0 Å². The lowest BCUT2D eigenvalue weighted by Gasteiger charge is -2.46. The summed E-state index contributed by atoms with van der Waals surface area (Å²) in [7, 11) is 0. The Bertz CT molecular complexity index is 994. The lowest BCUT2D eigenvalue weighted by atomic mass is 9.65. The molecule has 1 aromatic heterocycles. The number of hydrogen-bond donors (Lipinski definition) is 2. The number of amides is 1. The van der Waals surface area contributed by atoms with Gasteiger partial charge >= 0.3 is 0 Å². The van der Waals surface area contributed by atoms with E-state index < -0.39 is 41.3 Å². The summed E-state index contributed by atoms with van der Waals surface area (Å²) in [5.74, 6) is -2.20. The van der Waals surface area contributed by atoms with Crippen molar-refractivity contribution in [1.82, 2.24) is 4.98 Å². The Hall–Kier alpha value is -2.97. The van der Waals surface area contributed by atoms with Crippen molar-refractivity contribution in [3.63, 3.8) is 0 Å². The molecule has 1 aliphatic heterocycles. The number of aliphatic imine (C=N–C) groups is 1. The molecule has 3 N–H and O–H groups in total. The van der Waals surface area contributed by atoms with Gasteiger partial charge in [-0.15, -0.1) is 0 Å². The van der Waals surface area contributed by atoms with Gasteiger partial charge < -0.3 is 11.1 Å². The smallest absolute Gasteiger partial charge is 0.274 e. The van der Waals surface area contributed by atoms with Crippen LogP contribution in [0.5, 0.6) is 0 Å². The summed E-state index contributed by atoms with van der Waals surface area (Å²) in [4.78, 5) is 20.1. The van der Waals surface area contributed by atoms with Crippen molar-refractivity contribution in [2.45, 2.75) is 30.5 Å². The second-order valence-electron chi connectivity index (χ2n) is 7.10. The minimum absolute atomic E-state index is 0.0377. The summed E-state index contributed by atoms with van der Waals surface area (Å²) in [6, 6.07) is 4.99. The average Bonchev–Trinajstić information content (AvgIpc) is 2.66. The normalized spacial score (nSPS) is 25.6. The number of halogens is 4. The number of fused-ring (bicyclic) bond motifs is 2. The van der Waals surface area contributed by atoms with Gasteiger partial charge in [-0.05, 0) is 48.2 Å².